The Kier molecular flexibility index (Phi) is 4.07. The highest BCUT2D eigenvalue weighted by Gasteiger charge is 2.16. The molecule has 1 aromatic heterocycles. The van der Waals surface area contributed by atoms with Crippen molar-refractivity contribution in [1.82, 2.24) is 4.98 Å². The Morgan fingerprint density at radius 1 is 1.80 bits per heavy atom. The molecule has 0 aliphatic heterocycles. The van der Waals surface area contributed by atoms with Crippen LogP contribution in [-0.4, -0.2) is 10.9 Å². The van der Waals surface area contributed by atoms with E-state index in [2.05, 4.69) is 10.3 Å². The molecule has 1 amide bonds. The fourth-order valence-electron chi connectivity index (χ4n) is 1.02. The van der Waals surface area contributed by atoms with E-state index in [4.69, 9.17) is 16.9 Å². The van der Waals surface area contributed by atoms with E-state index in [-0.39, 0.29) is 11.7 Å². The lowest BCUT2D eigenvalue weighted by Crippen LogP contribution is -2.21. The lowest BCUT2D eigenvalue weighted by Gasteiger charge is -2.08. The summed E-state index contributed by atoms with van der Waals surface area (Å²) in [6.45, 7) is 1.77. The number of aromatic nitrogens is 1. The Bertz CT molecular complexity index is 400. The van der Waals surface area contributed by atoms with Gasteiger partial charge in [0.15, 0.2) is 5.82 Å². The zero-order valence-corrected chi connectivity index (χ0v) is 8.95. The second kappa shape index (κ2) is 5.32. The molecule has 15 heavy (non-hydrogen) atoms. The highest BCUT2D eigenvalue weighted by molar-refractivity contribution is 6.33. The van der Waals surface area contributed by atoms with E-state index in [0.29, 0.717) is 11.4 Å². The first-order valence-electron chi connectivity index (χ1n) is 4.50. The smallest absolute Gasteiger partial charge is 0.242 e. The Balaban J connectivity index is 2.75. The lowest BCUT2D eigenvalue weighted by molar-refractivity contribution is -0.118. The summed E-state index contributed by atoms with van der Waals surface area (Å²) < 4.78 is 0. The molecule has 0 aliphatic rings. The third-order valence-corrected chi connectivity index (χ3v) is 2.19. The first-order valence-corrected chi connectivity index (χ1v) is 4.87. The molecular formula is C10H10ClN3O. The van der Waals surface area contributed by atoms with E-state index >= 15 is 0 Å². The Morgan fingerprint density at radius 2 is 2.53 bits per heavy atom. The van der Waals surface area contributed by atoms with E-state index in [0.717, 1.165) is 0 Å². The predicted octanol–water partition coefficient (Wildman–Crippen LogP) is 2.22. The van der Waals surface area contributed by atoms with Gasteiger partial charge in [-0.15, -0.1) is 0 Å². The molecule has 0 aromatic carbocycles. The van der Waals surface area contributed by atoms with E-state index in [9.17, 15) is 4.79 Å². The molecule has 0 radical (unpaired) electrons. The maximum absolute atomic E-state index is 11.5. The minimum atomic E-state index is -0.664. The van der Waals surface area contributed by atoms with E-state index in [1.807, 2.05) is 6.07 Å². The lowest BCUT2D eigenvalue weighted by atomic mass is 10.1. The van der Waals surface area contributed by atoms with Crippen molar-refractivity contribution in [3.05, 3.63) is 23.4 Å². The predicted molar refractivity (Wildman–Crippen MR) is 57.3 cm³/mol. The van der Waals surface area contributed by atoms with Crippen molar-refractivity contribution in [3.8, 4) is 6.07 Å². The summed E-state index contributed by atoms with van der Waals surface area (Å²) in [4.78, 5) is 15.4. The molecule has 1 heterocycles. The second-order valence-electron chi connectivity index (χ2n) is 2.91. The van der Waals surface area contributed by atoms with Crippen LogP contribution in [0.4, 0.5) is 5.82 Å². The van der Waals surface area contributed by atoms with Crippen LogP contribution in [0.2, 0.25) is 5.02 Å². The van der Waals surface area contributed by atoms with Gasteiger partial charge in [0.25, 0.3) is 0 Å². The number of nitrogens with one attached hydrogen (secondary N) is 1. The maximum atomic E-state index is 11.5. The standard InChI is InChI=1S/C10H10ClN3O/c1-2-7(6-12)10(15)14-9-8(11)4-3-5-13-9/h3-5,7H,2H2,1H3,(H,13,14,15). The molecule has 1 rings (SSSR count). The number of carbonyl (C=O) groups excluding carboxylic acids is 1. The molecule has 1 atom stereocenters. The summed E-state index contributed by atoms with van der Waals surface area (Å²) in [7, 11) is 0. The third kappa shape index (κ3) is 2.93. The van der Waals surface area contributed by atoms with Crippen LogP contribution >= 0.6 is 11.6 Å². The van der Waals surface area contributed by atoms with E-state index in [1.165, 1.54) is 6.20 Å². The summed E-state index contributed by atoms with van der Waals surface area (Å²) in [6.07, 6.45) is 1.99. The molecule has 0 aliphatic carbocycles. The number of nitrogens with zero attached hydrogens (tertiary/aromatic N) is 2. The molecule has 0 bridgehead atoms. The summed E-state index contributed by atoms with van der Waals surface area (Å²) in [6, 6.07) is 5.20. The van der Waals surface area contributed by atoms with Gasteiger partial charge in [-0.1, -0.05) is 18.5 Å². The third-order valence-electron chi connectivity index (χ3n) is 1.88. The van der Waals surface area contributed by atoms with Crippen molar-refractivity contribution >= 4 is 23.3 Å². The molecule has 0 saturated heterocycles. The van der Waals surface area contributed by atoms with Crippen molar-refractivity contribution in [2.24, 2.45) is 5.92 Å². The molecule has 5 heteroatoms. The van der Waals surface area contributed by atoms with Crippen LogP contribution in [-0.2, 0) is 4.79 Å². The number of halogens is 1. The highest BCUT2D eigenvalue weighted by Crippen LogP contribution is 2.18. The van der Waals surface area contributed by atoms with E-state index in [1.54, 1.807) is 19.1 Å². The summed E-state index contributed by atoms with van der Waals surface area (Å²) in [5, 5.41) is 11.5. The second-order valence-corrected chi connectivity index (χ2v) is 3.32. The molecule has 0 spiro atoms. The molecule has 1 aromatic rings. The molecule has 78 valence electrons. The van der Waals surface area contributed by atoms with Gasteiger partial charge >= 0.3 is 0 Å². The number of nitriles is 1. The number of amides is 1. The highest BCUT2D eigenvalue weighted by atomic mass is 35.5. The van der Waals surface area contributed by atoms with Gasteiger partial charge in [-0.2, -0.15) is 5.26 Å². The minimum absolute atomic E-state index is 0.290. The van der Waals surface area contributed by atoms with Crippen LogP contribution in [0.15, 0.2) is 18.3 Å². The maximum Gasteiger partial charge on any atom is 0.242 e. The van der Waals surface area contributed by atoms with Gasteiger partial charge in [0, 0.05) is 6.20 Å². The van der Waals surface area contributed by atoms with Gasteiger partial charge in [0.2, 0.25) is 5.91 Å². The normalized spacial score (nSPS) is 11.5. The fraction of sp³-hybridized carbons (Fsp3) is 0.300. The van der Waals surface area contributed by atoms with Crippen LogP contribution in [0.1, 0.15) is 13.3 Å². The monoisotopic (exact) mass is 223 g/mol. The summed E-state index contributed by atoms with van der Waals surface area (Å²) in [5.41, 5.74) is 0. The molecule has 0 saturated carbocycles. The first-order chi connectivity index (χ1) is 7.19. The van der Waals surface area contributed by atoms with Crippen LogP contribution in [0.25, 0.3) is 0 Å². The number of rotatable bonds is 3. The largest absolute Gasteiger partial charge is 0.308 e. The van der Waals surface area contributed by atoms with Crippen LogP contribution in [0.5, 0.6) is 0 Å². The van der Waals surface area contributed by atoms with Gasteiger partial charge in [-0.05, 0) is 18.6 Å². The van der Waals surface area contributed by atoms with Crippen LogP contribution < -0.4 is 5.32 Å². The van der Waals surface area contributed by atoms with Crippen LogP contribution in [0.3, 0.4) is 0 Å². The van der Waals surface area contributed by atoms with Crippen LogP contribution in [0, 0.1) is 17.2 Å². The fourth-order valence-corrected chi connectivity index (χ4v) is 1.19. The molecule has 0 fully saturated rings. The van der Waals surface area contributed by atoms with E-state index < -0.39 is 5.92 Å². The van der Waals surface area contributed by atoms with Crippen molar-refractivity contribution < 1.29 is 4.79 Å². The van der Waals surface area contributed by atoms with Gasteiger partial charge in [-0.3, -0.25) is 4.79 Å². The minimum Gasteiger partial charge on any atom is -0.308 e. The van der Waals surface area contributed by atoms with Crippen molar-refractivity contribution in [2.75, 3.05) is 5.32 Å². The first kappa shape index (κ1) is 11.5. The number of carbonyl (C=O) groups is 1. The zero-order chi connectivity index (χ0) is 11.3. The Morgan fingerprint density at radius 3 is 3.07 bits per heavy atom. The Hall–Kier alpha value is -1.60. The van der Waals surface area contributed by atoms with Gasteiger partial charge in [0.05, 0.1) is 11.1 Å². The molecule has 1 unspecified atom stereocenters. The van der Waals surface area contributed by atoms with Crippen molar-refractivity contribution in [1.29, 1.82) is 5.26 Å². The van der Waals surface area contributed by atoms with Gasteiger partial charge in [0.1, 0.15) is 5.92 Å². The zero-order valence-electron chi connectivity index (χ0n) is 8.20. The Labute approximate surface area is 92.9 Å². The van der Waals surface area contributed by atoms with Gasteiger partial charge < -0.3 is 5.32 Å². The average Bonchev–Trinajstić information content (AvgIpc) is 2.23. The average molecular weight is 224 g/mol. The quantitative estimate of drug-likeness (QED) is 0.855. The molecule has 4 nitrogen and oxygen atoms in total. The SMILES string of the molecule is CCC(C#N)C(=O)Nc1ncccc1Cl. The topological polar surface area (TPSA) is 65.8 Å². The summed E-state index contributed by atoms with van der Waals surface area (Å²) in [5.74, 6) is -0.749. The van der Waals surface area contributed by atoms with Gasteiger partial charge in [-0.25, -0.2) is 4.98 Å². The number of hydrogen-bond acceptors (Lipinski definition) is 3. The molecular weight excluding hydrogens is 214 g/mol. The van der Waals surface area contributed by atoms with Crippen molar-refractivity contribution in [2.45, 2.75) is 13.3 Å². The summed E-state index contributed by atoms with van der Waals surface area (Å²) >= 11 is 5.80. The molecule has 1 N–H and O–H groups in total. The number of hydrogen-bond donors (Lipinski definition) is 1. The number of anilines is 1. The van der Waals surface area contributed by atoms with Crippen molar-refractivity contribution in [3.63, 3.8) is 0 Å². The number of pyridine rings is 1.